The summed E-state index contributed by atoms with van der Waals surface area (Å²) in [5.74, 6) is -3.14. The van der Waals surface area contributed by atoms with E-state index in [2.05, 4.69) is 5.32 Å². The zero-order valence-electron chi connectivity index (χ0n) is 8.50. The van der Waals surface area contributed by atoms with E-state index in [4.69, 9.17) is 10.0 Å². The first-order valence-corrected chi connectivity index (χ1v) is 4.60. The number of benzene rings is 1. The lowest BCUT2D eigenvalue weighted by Crippen LogP contribution is -2.33. The Kier molecular flexibility index (Phi) is 3.97. The number of carbonyl (C=O) groups is 1. The van der Waals surface area contributed by atoms with Gasteiger partial charge in [-0.2, -0.15) is 0 Å². The van der Waals surface area contributed by atoms with Crippen LogP contribution in [0.3, 0.4) is 0 Å². The SMILES string of the molecule is CCNC(=O)c1c(F)cc(B(O)O)cc1F. The second-order valence-corrected chi connectivity index (χ2v) is 3.09. The molecule has 3 N–H and O–H groups in total. The van der Waals surface area contributed by atoms with Gasteiger partial charge in [0, 0.05) is 6.54 Å². The molecule has 1 amide bonds. The minimum atomic E-state index is -1.98. The smallest absolute Gasteiger partial charge is 0.423 e. The fourth-order valence-electron chi connectivity index (χ4n) is 1.21. The Morgan fingerprint density at radius 3 is 2.25 bits per heavy atom. The van der Waals surface area contributed by atoms with Crippen molar-refractivity contribution in [2.75, 3.05) is 6.54 Å². The first-order chi connectivity index (χ1) is 7.47. The van der Waals surface area contributed by atoms with Crippen molar-refractivity contribution in [3.8, 4) is 0 Å². The lowest BCUT2D eigenvalue weighted by atomic mass is 9.79. The Morgan fingerprint density at radius 1 is 1.38 bits per heavy atom. The Bertz CT molecular complexity index is 389. The molecule has 0 atom stereocenters. The van der Waals surface area contributed by atoms with Crippen LogP contribution in [0.2, 0.25) is 0 Å². The molecule has 0 saturated carbocycles. The summed E-state index contributed by atoms with van der Waals surface area (Å²) in [4.78, 5) is 11.3. The maximum atomic E-state index is 13.3. The molecule has 0 unspecified atom stereocenters. The van der Waals surface area contributed by atoms with Crippen LogP contribution in [0.1, 0.15) is 17.3 Å². The highest BCUT2D eigenvalue weighted by Gasteiger charge is 2.21. The molecule has 0 radical (unpaired) electrons. The summed E-state index contributed by atoms with van der Waals surface area (Å²) in [6.07, 6.45) is 0. The van der Waals surface area contributed by atoms with Crippen LogP contribution in [0.4, 0.5) is 8.78 Å². The molecule has 0 spiro atoms. The molecule has 86 valence electrons. The van der Waals surface area contributed by atoms with Crippen molar-refractivity contribution in [2.45, 2.75) is 6.92 Å². The number of nitrogens with one attached hydrogen (secondary N) is 1. The first kappa shape index (κ1) is 12.6. The molecule has 4 nitrogen and oxygen atoms in total. The summed E-state index contributed by atoms with van der Waals surface area (Å²) in [7, 11) is -1.98. The molecule has 0 aliphatic carbocycles. The molecular weight excluding hydrogens is 219 g/mol. The Labute approximate surface area is 91.0 Å². The summed E-state index contributed by atoms with van der Waals surface area (Å²) < 4.78 is 26.6. The molecule has 0 fully saturated rings. The Hall–Kier alpha value is -1.47. The number of hydrogen-bond donors (Lipinski definition) is 3. The third kappa shape index (κ3) is 2.56. The molecule has 0 aliphatic heterocycles. The van der Waals surface area contributed by atoms with E-state index in [-0.39, 0.29) is 12.0 Å². The van der Waals surface area contributed by atoms with Crippen molar-refractivity contribution >= 4 is 18.5 Å². The molecule has 0 aliphatic rings. The number of hydrogen-bond acceptors (Lipinski definition) is 3. The standard InChI is InChI=1S/C9H10BF2NO3/c1-2-13-9(14)8-6(11)3-5(10(15)16)4-7(8)12/h3-4,15-16H,2H2,1H3,(H,13,14). The van der Waals surface area contributed by atoms with E-state index in [1.54, 1.807) is 6.92 Å². The third-order valence-corrected chi connectivity index (χ3v) is 1.93. The first-order valence-electron chi connectivity index (χ1n) is 4.60. The van der Waals surface area contributed by atoms with Gasteiger partial charge in [-0.1, -0.05) is 0 Å². The minimum Gasteiger partial charge on any atom is -0.423 e. The third-order valence-electron chi connectivity index (χ3n) is 1.93. The van der Waals surface area contributed by atoms with E-state index >= 15 is 0 Å². The fourth-order valence-corrected chi connectivity index (χ4v) is 1.21. The van der Waals surface area contributed by atoms with Crippen LogP contribution in [0, 0.1) is 11.6 Å². The quantitative estimate of drug-likeness (QED) is 0.606. The average Bonchev–Trinajstić information content (AvgIpc) is 2.16. The van der Waals surface area contributed by atoms with Gasteiger partial charge in [-0.25, -0.2) is 8.78 Å². The van der Waals surface area contributed by atoms with Crippen molar-refractivity contribution in [3.05, 3.63) is 29.3 Å². The Morgan fingerprint density at radius 2 is 1.88 bits per heavy atom. The van der Waals surface area contributed by atoms with Crippen LogP contribution in [0.25, 0.3) is 0 Å². The largest absolute Gasteiger partial charge is 0.488 e. The maximum Gasteiger partial charge on any atom is 0.488 e. The maximum absolute atomic E-state index is 13.3. The predicted molar refractivity (Wildman–Crippen MR) is 54.2 cm³/mol. The number of halogens is 2. The fraction of sp³-hybridized carbons (Fsp3) is 0.222. The molecular formula is C9H10BF2NO3. The highest BCUT2D eigenvalue weighted by molar-refractivity contribution is 6.58. The number of carbonyl (C=O) groups excluding carboxylic acids is 1. The molecule has 1 aromatic rings. The van der Waals surface area contributed by atoms with Gasteiger partial charge < -0.3 is 15.4 Å². The lowest BCUT2D eigenvalue weighted by Gasteiger charge is -2.07. The number of rotatable bonds is 3. The summed E-state index contributed by atoms with van der Waals surface area (Å²) in [6, 6.07) is 1.41. The second kappa shape index (κ2) is 5.04. The van der Waals surface area contributed by atoms with Gasteiger partial charge in [0.15, 0.2) is 0 Å². The van der Waals surface area contributed by atoms with E-state index in [9.17, 15) is 13.6 Å². The van der Waals surface area contributed by atoms with Crippen molar-refractivity contribution in [1.29, 1.82) is 0 Å². The normalized spacial score (nSPS) is 10.1. The van der Waals surface area contributed by atoms with Crippen LogP contribution in [0.5, 0.6) is 0 Å². The van der Waals surface area contributed by atoms with Crippen molar-refractivity contribution in [2.24, 2.45) is 0 Å². The number of amides is 1. The molecule has 0 bridgehead atoms. The highest BCUT2D eigenvalue weighted by Crippen LogP contribution is 2.10. The van der Waals surface area contributed by atoms with Crippen LogP contribution in [0.15, 0.2) is 12.1 Å². The van der Waals surface area contributed by atoms with Gasteiger partial charge in [-0.3, -0.25) is 4.79 Å². The van der Waals surface area contributed by atoms with Gasteiger partial charge in [-0.05, 0) is 24.5 Å². The van der Waals surface area contributed by atoms with E-state index in [1.165, 1.54) is 0 Å². The van der Waals surface area contributed by atoms with Crippen LogP contribution >= 0.6 is 0 Å². The zero-order valence-corrected chi connectivity index (χ0v) is 8.50. The summed E-state index contributed by atoms with van der Waals surface area (Å²) in [5, 5.41) is 19.7. The monoisotopic (exact) mass is 229 g/mol. The summed E-state index contributed by atoms with van der Waals surface area (Å²) >= 11 is 0. The van der Waals surface area contributed by atoms with E-state index in [0.29, 0.717) is 12.1 Å². The van der Waals surface area contributed by atoms with Crippen molar-refractivity contribution in [1.82, 2.24) is 5.32 Å². The van der Waals surface area contributed by atoms with E-state index < -0.39 is 30.2 Å². The van der Waals surface area contributed by atoms with Crippen LogP contribution in [-0.4, -0.2) is 29.6 Å². The van der Waals surface area contributed by atoms with Gasteiger partial charge in [-0.15, -0.1) is 0 Å². The van der Waals surface area contributed by atoms with Crippen LogP contribution in [-0.2, 0) is 0 Å². The molecule has 0 heterocycles. The van der Waals surface area contributed by atoms with Gasteiger partial charge in [0.2, 0.25) is 0 Å². The zero-order chi connectivity index (χ0) is 12.3. The van der Waals surface area contributed by atoms with Gasteiger partial charge in [0.25, 0.3) is 5.91 Å². The topological polar surface area (TPSA) is 69.6 Å². The van der Waals surface area contributed by atoms with Gasteiger partial charge in [0.1, 0.15) is 17.2 Å². The summed E-state index contributed by atoms with van der Waals surface area (Å²) in [5.41, 5.74) is -1.07. The lowest BCUT2D eigenvalue weighted by molar-refractivity contribution is 0.0947. The van der Waals surface area contributed by atoms with Crippen molar-refractivity contribution < 1.29 is 23.6 Å². The Balaban J connectivity index is 3.17. The molecule has 0 aromatic heterocycles. The molecule has 16 heavy (non-hydrogen) atoms. The predicted octanol–water partition coefficient (Wildman–Crippen LogP) is -0.606. The minimum absolute atomic E-state index is 0.238. The van der Waals surface area contributed by atoms with Gasteiger partial charge in [0.05, 0.1) is 0 Å². The molecule has 0 saturated heterocycles. The highest BCUT2D eigenvalue weighted by atomic mass is 19.1. The average molecular weight is 229 g/mol. The van der Waals surface area contributed by atoms with E-state index in [0.717, 1.165) is 0 Å². The second-order valence-electron chi connectivity index (χ2n) is 3.09. The van der Waals surface area contributed by atoms with Crippen LogP contribution < -0.4 is 10.8 Å². The van der Waals surface area contributed by atoms with E-state index in [1.807, 2.05) is 0 Å². The van der Waals surface area contributed by atoms with Gasteiger partial charge >= 0.3 is 7.12 Å². The molecule has 1 aromatic carbocycles. The summed E-state index contributed by atoms with van der Waals surface area (Å²) in [6.45, 7) is 1.85. The molecule has 7 heteroatoms. The molecule has 1 rings (SSSR count). The van der Waals surface area contributed by atoms with Crippen molar-refractivity contribution in [3.63, 3.8) is 0 Å².